The Labute approximate surface area is 110 Å². The third kappa shape index (κ3) is 2.50. The molecule has 0 spiro atoms. The lowest BCUT2D eigenvalue weighted by atomic mass is 10.2. The molecule has 2 aromatic carbocycles. The summed E-state index contributed by atoms with van der Waals surface area (Å²) >= 11 is 0. The van der Waals surface area contributed by atoms with Crippen molar-refractivity contribution in [1.82, 2.24) is 0 Å². The Morgan fingerprint density at radius 3 is 2.53 bits per heavy atom. The van der Waals surface area contributed by atoms with Crippen LogP contribution >= 0.6 is 0 Å². The van der Waals surface area contributed by atoms with Crippen LogP contribution in [0.15, 0.2) is 69.9 Å². The van der Waals surface area contributed by atoms with Crippen LogP contribution in [0.1, 0.15) is 5.56 Å². The molecule has 0 aliphatic heterocycles. The topological polar surface area (TPSA) is 42.2 Å². The van der Waals surface area contributed by atoms with E-state index in [-0.39, 0.29) is 5.63 Å². The number of fused-ring (bicyclic) bond motifs is 1. The molecule has 19 heavy (non-hydrogen) atoms. The van der Waals surface area contributed by atoms with E-state index in [0.29, 0.717) is 17.7 Å². The Balaban J connectivity index is 1.89. The first kappa shape index (κ1) is 11.5. The van der Waals surface area contributed by atoms with E-state index in [9.17, 15) is 4.79 Å². The monoisotopic (exact) mass is 251 g/mol. The van der Waals surface area contributed by atoms with Crippen molar-refractivity contribution in [2.24, 2.45) is 0 Å². The van der Waals surface area contributed by atoms with Gasteiger partial charge in [0.2, 0.25) is 0 Å². The minimum absolute atomic E-state index is 0.290. The van der Waals surface area contributed by atoms with Gasteiger partial charge < -0.3 is 9.73 Å². The molecule has 3 rings (SSSR count). The van der Waals surface area contributed by atoms with Crippen molar-refractivity contribution >= 4 is 16.7 Å². The SMILES string of the molecule is O=c1oc2ccccc2cc1CNc1ccccc1. The molecular formula is C16H13NO2. The largest absolute Gasteiger partial charge is 0.422 e. The minimum Gasteiger partial charge on any atom is -0.422 e. The zero-order chi connectivity index (χ0) is 13.1. The highest BCUT2D eigenvalue weighted by Crippen LogP contribution is 2.13. The van der Waals surface area contributed by atoms with Crippen LogP contribution in [0.25, 0.3) is 11.0 Å². The molecule has 0 saturated carbocycles. The van der Waals surface area contributed by atoms with Crippen LogP contribution in [-0.2, 0) is 6.54 Å². The fraction of sp³-hybridized carbons (Fsp3) is 0.0625. The number of anilines is 1. The number of rotatable bonds is 3. The molecule has 0 aliphatic rings. The van der Waals surface area contributed by atoms with E-state index in [2.05, 4.69) is 5.32 Å². The summed E-state index contributed by atoms with van der Waals surface area (Å²) in [6.07, 6.45) is 0. The van der Waals surface area contributed by atoms with Crippen molar-refractivity contribution in [1.29, 1.82) is 0 Å². The molecule has 0 atom stereocenters. The van der Waals surface area contributed by atoms with Crippen LogP contribution in [0.5, 0.6) is 0 Å². The maximum atomic E-state index is 11.8. The van der Waals surface area contributed by atoms with Gasteiger partial charge in [0.05, 0.1) is 5.56 Å². The molecule has 1 aromatic heterocycles. The van der Waals surface area contributed by atoms with E-state index in [0.717, 1.165) is 11.1 Å². The second kappa shape index (κ2) is 4.98. The van der Waals surface area contributed by atoms with Gasteiger partial charge in [-0.15, -0.1) is 0 Å². The Morgan fingerprint density at radius 2 is 1.68 bits per heavy atom. The van der Waals surface area contributed by atoms with Gasteiger partial charge in [-0.25, -0.2) is 4.79 Å². The van der Waals surface area contributed by atoms with Gasteiger partial charge in [0.25, 0.3) is 0 Å². The number of hydrogen-bond donors (Lipinski definition) is 1. The lowest BCUT2D eigenvalue weighted by Gasteiger charge is -2.06. The Bertz CT molecular complexity index is 747. The molecular weight excluding hydrogens is 238 g/mol. The maximum absolute atomic E-state index is 11.8. The van der Waals surface area contributed by atoms with Crippen LogP contribution in [-0.4, -0.2) is 0 Å². The van der Waals surface area contributed by atoms with Gasteiger partial charge in [0.15, 0.2) is 0 Å². The first-order valence-corrected chi connectivity index (χ1v) is 6.13. The average molecular weight is 251 g/mol. The van der Waals surface area contributed by atoms with Gasteiger partial charge in [-0.3, -0.25) is 0 Å². The summed E-state index contributed by atoms with van der Waals surface area (Å²) in [5.41, 5.74) is 1.94. The zero-order valence-corrected chi connectivity index (χ0v) is 10.3. The molecule has 0 radical (unpaired) electrons. The summed E-state index contributed by atoms with van der Waals surface area (Å²) in [6.45, 7) is 0.456. The summed E-state index contributed by atoms with van der Waals surface area (Å²) in [6, 6.07) is 19.2. The van der Waals surface area contributed by atoms with E-state index >= 15 is 0 Å². The van der Waals surface area contributed by atoms with Crippen LogP contribution in [0.2, 0.25) is 0 Å². The van der Waals surface area contributed by atoms with Crippen molar-refractivity contribution in [3.8, 4) is 0 Å². The Morgan fingerprint density at radius 1 is 0.947 bits per heavy atom. The van der Waals surface area contributed by atoms with Gasteiger partial charge in [-0.2, -0.15) is 0 Å². The molecule has 3 heteroatoms. The maximum Gasteiger partial charge on any atom is 0.341 e. The van der Waals surface area contributed by atoms with Crippen molar-refractivity contribution in [2.75, 3.05) is 5.32 Å². The second-order valence-corrected chi connectivity index (χ2v) is 4.32. The normalized spacial score (nSPS) is 10.5. The summed E-state index contributed by atoms with van der Waals surface area (Å²) in [5, 5.41) is 4.14. The highest BCUT2D eigenvalue weighted by molar-refractivity contribution is 5.76. The van der Waals surface area contributed by atoms with Crippen LogP contribution in [0.3, 0.4) is 0 Å². The molecule has 0 saturated heterocycles. The molecule has 0 bridgehead atoms. The highest BCUT2D eigenvalue weighted by atomic mass is 16.4. The molecule has 94 valence electrons. The van der Waals surface area contributed by atoms with Crippen molar-refractivity contribution in [2.45, 2.75) is 6.54 Å². The van der Waals surface area contributed by atoms with E-state index in [1.54, 1.807) is 6.07 Å². The van der Waals surface area contributed by atoms with Gasteiger partial charge in [0.1, 0.15) is 5.58 Å². The zero-order valence-electron chi connectivity index (χ0n) is 10.3. The van der Waals surface area contributed by atoms with E-state index in [1.807, 2.05) is 54.6 Å². The number of para-hydroxylation sites is 2. The van der Waals surface area contributed by atoms with Gasteiger partial charge in [-0.1, -0.05) is 36.4 Å². The highest BCUT2D eigenvalue weighted by Gasteiger charge is 2.04. The third-order valence-electron chi connectivity index (χ3n) is 2.97. The first-order chi connectivity index (χ1) is 9.33. The van der Waals surface area contributed by atoms with Crippen molar-refractivity contribution < 1.29 is 4.42 Å². The van der Waals surface area contributed by atoms with Gasteiger partial charge in [0, 0.05) is 17.6 Å². The first-order valence-electron chi connectivity index (χ1n) is 6.13. The summed E-state index contributed by atoms with van der Waals surface area (Å²) < 4.78 is 5.29. The summed E-state index contributed by atoms with van der Waals surface area (Å²) in [5.74, 6) is 0. The molecule has 0 aliphatic carbocycles. The van der Waals surface area contributed by atoms with Crippen molar-refractivity contribution in [3.63, 3.8) is 0 Å². The molecule has 0 unspecified atom stereocenters. The Hall–Kier alpha value is -2.55. The fourth-order valence-corrected chi connectivity index (χ4v) is 1.98. The van der Waals surface area contributed by atoms with E-state index < -0.39 is 0 Å². The third-order valence-corrected chi connectivity index (χ3v) is 2.97. The fourth-order valence-electron chi connectivity index (χ4n) is 1.98. The quantitative estimate of drug-likeness (QED) is 0.725. The standard InChI is InChI=1S/C16H13NO2/c18-16-13(11-17-14-7-2-1-3-8-14)10-12-6-4-5-9-15(12)19-16/h1-10,17H,11H2. The predicted molar refractivity (Wildman–Crippen MR) is 76.3 cm³/mol. The smallest absolute Gasteiger partial charge is 0.341 e. The lowest BCUT2D eigenvalue weighted by molar-refractivity contribution is 0.552. The van der Waals surface area contributed by atoms with Crippen LogP contribution < -0.4 is 10.9 Å². The average Bonchev–Trinajstić information content (AvgIpc) is 2.46. The van der Waals surface area contributed by atoms with Gasteiger partial charge >= 0.3 is 5.63 Å². The minimum atomic E-state index is -0.290. The molecule has 3 aromatic rings. The molecule has 3 nitrogen and oxygen atoms in total. The molecule has 1 heterocycles. The predicted octanol–water partition coefficient (Wildman–Crippen LogP) is 3.41. The second-order valence-electron chi connectivity index (χ2n) is 4.32. The summed E-state index contributed by atoms with van der Waals surface area (Å²) in [7, 11) is 0. The van der Waals surface area contributed by atoms with Crippen molar-refractivity contribution in [3.05, 3.63) is 76.6 Å². The van der Waals surface area contributed by atoms with Crippen LogP contribution in [0.4, 0.5) is 5.69 Å². The molecule has 1 N–H and O–H groups in total. The van der Waals surface area contributed by atoms with E-state index in [1.165, 1.54) is 0 Å². The number of nitrogens with one attached hydrogen (secondary N) is 1. The Kier molecular flexibility index (Phi) is 3.02. The number of hydrogen-bond acceptors (Lipinski definition) is 3. The molecule has 0 fully saturated rings. The summed E-state index contributed by atoms with van der Waals surface area (Å²) in [4.78, 5) is 11.8. The van der Waals surface area contributed by atoms with E-state index in [4.69, 9.17) is 4.42 Å². The lowest BCUT2D eigenvalue weighted by Crippen LogP contribution is -2.11. The van der Waals surface area contributed by atoms with Crippen LogP contribution in [0, 0.1) is 0 Å². The molecule has 0 amide bonds. The number of benzene rings is 2. The van der Waals surface area contributed by atoms with Gasteiger partial charge in [-0.05, 0) is 24.3 Å².